The number of anilines is 1. The van der Waals surface area contributed by atoms with Crippen LogP contribution in [0.2, 0.25) is 0 Å². The van der Waals surface area contributed by atoms with Crippen molar-refractivity contribution in [2.24, 2.45) is 0 Å². The molecule has 21 heavy (non-hydrogen) atoms. The normalized spacial score (nSPS) is 18.6. The third kappa shape index (κ3) is 3.67. The summed E-state index contributed by atoms with van der Waals surface area (Å²) < 4.78 is 5.39. The largest absolute Gasteiger partial charge is 0.492 e. The number of carbonyl (C=O) groups excluding carboxylic acids is 1. The van der Waals surface area contributed by atoms with E-state index in [0.717, 1.165) is 25.8 Å². The summed E-state index contributed by atoms with van der Waals surface area (Å²) in [6, 6.07) is 5.31. The Bertz CT molecular complexity index is 488. The van der Waals surface area contributed by atoms with Gasteiger partial charge >= 0.3 is 0 Å². The third-order valence-corrected chi connectivity index (χ3v) is 3.91. The molecule has 5 heteroatoms. The number of amides is 1. The summed E-state index contributed by atoms with van der Waals surface area (Å²) in [5, 5.41) is 9.15. The number of piperidine rings is 1. The van der Waals surface area contributed by atoms with E-state index >= 15 is 0 Å². The molecule has 1 aliphatic rings. The van der Waals surface area contributed by atoms with Crippen molar-refractivity contribution in [2.45, 2.75) is 38.6 Å². The Morgan fingerprint density at radius 1 is 1.48 bits per heavy atom. The molecule has 5 nitrogen and oxygen atoms in total. The lowest BCUT2D eigenvalue weighted by atomic mass is 9.98. The van der Waals surface area contributed by atoms with Gasteiger partial charge in [-0.2, -0.15) is 0 Å². The number of nitrogen functional groups attached to an aromatic ring is 1. The number of ether oxygens (including phenoxy) is 1. The number of nitrogens with two attached hydrogens (primary N) is 1. The number of hydrogen-bond acceptors (Lipinski definition) is 4. The van der Waals surface area contributed by atoms with Gasteiger partial charge < -0.3 is 20.5 Å². The van der Waals surface area contributed by atoms with E-state index in [-0.39, 0.29) is 18.6 Å². The predicted molar refractivity (Wildman–Crippen MR) is 82.4 cm³/mol. The van der Waals surface area contributed by atoms with Gasteiger partial charge in [0, 0.05) is 24.8 Å². The van der Waals surface area contributed by atoms with E-state index in [4.69, 9.17) is 15.6 Å². The van der Waals surface area contributed by atoms with Crippen LogP contribution in [0.3, 0.4) is 0 Å². The van der Waals surface area contributed by atoms with Gasteiger partial charge in [0.25, 0.3) is 5.91 Å². The highest BCUT2D eigenvalue weighted by Gasteiger charge is 2.27. The minimum Gasteiger partial charge on any atom is -0.492 e. The van der Waals surface area contributed by atoms with Gasteiger partial charge in [0.15, 0.2) is 0 Å². The zero-order valence-electron chi connectivity index (χ0n) is 12.5. The number of nitrogens with zero attached hydrogens (tertiary/aromatic N) is 1. The Kier molecular flexibility index (Phi) is 5.44. The van der Waals surface area contributed by atoms with Crippen molar-refractivity contribution in [3.63, 3.8) is 0 Å². The second-order valence-electron chi connectivity index (χ2n) is 5.35. The molecule has 0 saturated carbocycles. The highest BCUT2D eigenvalue weighted by atomic mass is 16.5. The lowest BCUT2D eigenvalue weighted by Crippen LogP contribution is -2.44. The summed E-state index contributed by atoms with van der Waals surface area (Å²) in [5.74, 6) is 0.600. The Morgan fingerprint density at radius 3 is 2.95 bits per heavy atom. The molecule has 1 heterocycles. The van der Waals surface area contributed by atoms with Crippen LogP contribution in [0.4, 0.5) is 5.69 Å². The van der Waals surface area contributed by atoms with Gasteiger partial charge in [0.1, 0.15) is 5.75 Å². The molecule has 1 amide bonds. The number of carbonyl (C=O) groups is 1. The number of benzene rings is 1. The summed E-state index contributed by atoms with van der Waals surface area (Å²) in [5.41, 5.74) is 7.00. The molecule has 1 aromatic carbocycles. The van der Waals surface area contributed by atoms with Crippen LogP contribution in [-0.2, 0) is 0 Å². The fourth-order valence-electron chi connectivity index (χ4n) is 2.85. The van der Waals surface area contributed by atoms with Crippen LogP contribution in [-0.4, -0.2) is 41.7 Å². The number of aliphatic hydroxyl groups is 1. The van der Waals surface area contributed by atoms with Gasteiger partial charge in [0.2, 0.25) is 0 Å². The van der Waals surface area contributed by atoms with Gasteiger partial charge in [-0.3, -0.25) is 4.79 Å². The van der Waals surface area contributed by atoms with Crippen LogP contribution in [0, 0.1) is 0 Å². The smallest absolute Gasteiger partial charge is 0.254 e. The van der Waals surface area contributed by atoms with Crippen molar-refractivity contribution in [3.8, 4) is 5.75 Å². The average Bonchev–Trinajstić information content (AvgIpc) is 2.50. The molecule has 1 aliphatic heterocycles. The highest BCUT2D eigenvalue weighted by molar-refractivity contribution is 5.95. The first-order valence-electron chi connectivity index (χ1n) is 7.61. The molecule has 0 bridgehead atoms. The standard InChI is InChI=1S/C16H24N2O3/c1-2-21-15-7-6-12(11-14(15)17)16(20)18-9-4-3-5-13(18)8-10-19/h6-7,11,13,19H,2-5,8-10,17H2,1H3. The van der Waals surface area contributed by atoms with E-state index in [1.165, 1.54) is 0 Å². The topological polar surface area (TPSA) is 75.8 Å². The first-order valence-corrected chi connectivity index (χ1v) is 7.61. The molecule has 1 aromatic rings. The zero-order chi connectivity index (χ0) is 15.2. The average molecular weight is 292 g/mol. The van der Waals surface area contributed by atoms with E-state index in [1.54, 1.807) is 18.2 Å². The lowest BCUT2D eigenvalue weighted by molar-refractivity contribution is 0.0574. The van der Waals surface area contributed by atoms with Crippen LogP contribution < -0.4 is 10.5 Å². The molecule has 116 valence electrons. The van der Waals surface area contributed by atoms with Crippen molar-refractivity contribution >= 4 is 11.6 Å². The highest BCUT2D eigenvalue weighted by Crippen LogP contribution is 2.26. The number of aliphatic hydroxyl groups excluding tert-OH is 1. The number of likely N-dealkylation sites (tertiary alicyclic amines) is 1. The SMILES string of the molecule is CCOc1ccc(C(=O)N2CCCCC2CCO)cc1N. The quantitative estimate of drug-likeness (QED) is 0.814. The molecular weight excluding hydrogens is 268 g/mol. The van der Waals surface area contributed by atoms with Gasteiger partial charge in [0.05, 0.1) is 12.3 Å². The van der Waals surface area contributed by atoms with Crippen molar-refractivity contribution in [3.05, 3.63) is 23.8 Å². The minimum atomic E-state index is -0.0112. The van der Waals surface area contributed by atoms with Crippen LogP contribution in [0.25, 0.3) is 0 Å². The Balaban J connectivity index is 2.16. The van der Waals surface area contributed by atoms with E-state index in [9.17, 15) is 4.79 Å². The van der Waals surface area contributed by atoms with E-state index in [0.29, 0.717) is 30.0 Å². The molecule has 2 rings (SSSR count). The molecule has 0 radical (unpaired) electrons. The predicted octanol–water partition coefficient (Wildman–Crippen LogP) is 2.04. The summed E-state index contributed by atoms with van der Waals surface area (Å²) in [6.07, 6.45) is 3.72. The van der Waals surface area contributed by atoms with Crippen molar-refractivity contribution in [2.75, 3.05) is 25.5 Å². The summed E-state index contributed by atoms with van der Waals surface area (Å²) >= 11 is 0. The molecule has 1 saturated heterocycles. The molecular formula is C16H24N2O3. The molecule has 1 unspecified atom stereocenters. The molecule has 0 spiro atoms. The van der Waals surface area contributed by atoms with Crippen LogP contribution in [0.1, 0.15) is 43.0 Å². The summed E-state index contributed by atoms with van der Waals surface area (Å²) in [6.45, 7) is 3.30. The maximum atomic E-state index is 12.7. The third-order valence-electron chi connectivity index (χ3n) is 3.91. The Labute approximate surface area is 125 Å². The van der Waals surface area contributed by atoms with E-state index < -0.39 is 0 Å². The summed E-state index contributed by atoms with van der Waals surface area (Å²) in [7, 11) is 0. The lowest BCUT2D eigenvalue weighted by Gasteiger charge is -2.35. The van der Waals surface area contributed by atoms with Crippen molar-refractivity contribution in [1.82, 2.24) is 4.90 Å². The number of hydrogen-bond donors (Lipinski definition) is 2. The molecule has 0 aliphatic carbocycles. The Morgan fingerprint density at radius 2 is 2.29 bits per heavy atom. The Hall–Kier alpha value is -1.75. The maximum absolute atomic E-state index is 12.7. The van der Waals surface area contributed by atoms with Gasteiger partial charge in [-0.1, -0.05) is 0 Å². The van der Waals surface area contributed by atoms with Gasteiger partial charge in [-0.25, -0.2) is 0 Å². The fraction of sp³-hybridized carbons (Fsp3) is 0.562. The first-order chi connectivity index (χ1) is 10.2. The zero-order valence-corrected chi connectivity index (χ0v) is 12.5. The van der Waals surface area contributed by atoms with E-state index in [2.05, 4.69) is 0 Å². The van der Waals surface area contributed by atoms with Crippen molar-refractivity contribution in [1.29, 1.82) is 0 Å². The maximum Gasteiger partial charge on any atom is 0.254 e. The van der Waals surface area contributed by atoms with Gasteiger partial charge in [-0.15, -0.1) is 0 Å². The monoisotopic (exact) mass is 292 g/mol. The summed E-state index contributed by atoms with van der Waals surface area (Å²) in [4.78, 5) is 14.5. The number of rotatable bonds is 5. The van der Waals surface area contributed by atoms with Crippen LogP contribution in [0.15, 0.2) is 18.2 Å². The molecule has 1 atom stereocenters. The van der Waals surface area contributed by atoms with Crippen LogP contribution in [0.5, 0.6) is 5.75 Å². The second kappa shape index (κ2) is 7.31. The van der Waals surface area contributed by atoms with Crippen LogP contribution >= 0.6 is 0 Å². The first kappa shape index (κ1) is 15.6. The second-order valence-corrected chi connectivity index (χ2v) is 5.35. The molecule has 1 fully saturated rings. The minimum absolute atomic E-state index is 0.0112. The van der Waals surface area contributed by atoms with E-state index in [1.807, 2.05) is 11.8 Å². The molecule has 3 N–H and O–H groups in total. The molecule has 0 aromatic heterocycles. The van der Waals surface area contributed by atoms with Crippen molar-refractivity contribution < 1.29 is 14.6 Å². The van der Waals surface area contributed by atoms with Gasteiger partial charge in [-0.05, 0) is 50.8 Å². The fourth-order valence-corrected chi connectivity index (χ4v) is 2.85.